The van der Waals surface area contributed by atoms with E-state index in [9.17, 15) is 4.79 Å². The third-order valence-electron chi connectivity index (χ3n) is 4.17. The summed E-state index contributed by atoms with van der Waals surface area (Å²) in [4.78, 5) is 16.8. The molecule has 118 valence electrons. The standard InChI is InChI=1S/C17H24N4O/c1-2-10-20-12-13-21(17(20)22)11-4-6-15-8-7-14-5-3-9-18-16(14)19-15/h7-8,12-13H,2-6,9-11H2,1H3,(H,18,19). The van der Waals surface area contributed by atoms with Crippen LogP contribution in [0, 0.1) is 0 Å². The molecule has 2 aromatic rings. The average molecular weight is 300 g/mol. The summed E-state index contributed by atoms with van der Waals surface area (Å²) in [5.41, 5.74) is 2.53. The van der Waals surface area contributed by atoms with Gasteiger partial charge in [0.05, 0.1) is 0 Å². The molecule has 3 heterocycles. The molecule has 2 aromatic heterocycles. The van der Waals surface area contributed by atoms with E-state index in [1.807, 2.05) is 12.4 Å². The first kappa shape index (κ1) is 14.9. The quantitative estimate of drug-likeness (QED) is 0.891. The van der Waals surface area contributed by atoms with Crippen LogP contribution in [0.1, 0.15) is 37.4 Å². The fourth-order valence-corrected chi connectivity index (χ4v) is 2.97. The van der Waals surface area contributed by atoms with E-state index in [1.165, 1.54) is 12.0 Å². The lowest BCUT2D eigenvalue weighted by atomic mass is 10.1. The number of nitrogens with one attached hydrogen (secondary N) is 1. The van der Waals surface area contributed by atoms with Gasteiger partial charge < -0.3 is 5.32 Å². The van der Waals surface area contributed by atoms with Gasteiger partial charge in [-0.1, -0.05) is 13.0 Å². The highest BCUT2D eigenvalue weighted by Crippen LogP contribution is 2.20. The average Bonchev–Trinajstić information content (AvgIpc) is 2.89. The normalized spacial score (nSPS) is 13.7. The largest absolute Gasteiger partial charge is 0.370 e. The van der Waals surface area contributed by atoms with Crippen molar-refractivity contribution < 1.29 is 0 Å². The van der Waals surface area contributed by atoms with Crippen molar-refractivity contribution in [2.24, 2.45) is 0 Å². The van der Waals surface area contributed by atoms with E-state index in [2.05, 4.69) is 24.4 Å². The van der Waals surface area contributed by atoms with Crippen molar-refractivity contribution in [1.82, 2.24) is 14.1 Å². The van der Waals surface area contributed by atoms with E-state index >= 15 is 0 Å². The van der Waals surface area contributed by atoms with Gasteiger partial charge in [-0.2, -0.15) is 0 Å². The van der Waals surface area contributed by atoms with Crippen molar-refractivity contribution in [3.05, 3.63) is 46.3 Å². The van der Waals surface area contributed by atoms with Crippen LogP contribution < -0.4 is 11.0 Å². The van der Waals surface area contributed by atoms with E-state index in [0.29, 0.717) is 0 Å². The maximum Gasteiger partial charge on any atom is 0.328 e. The van der Waals surface area contributed by atoms with Crippen molar-refractivity contribution in [3.63, 3.8) is 0 Å². The molecule has 5 nitrogen and oxygen atoms in total. The van der Waals surface area contributed by atoms with Gasteiger partial charge in [-0.3, -0.25) is 9.13 Å². The third kappa shape index (κ3) is 3.24. The number of fused-ring (bicyclic) bond motifs is 1. The number of rotatable bonds is 6. The van der Waals surface area contributed by atoms with Crippen LogP contribution in [0.4, 0.5) is 5.82 Å². The van der Waals surface area contributed by atoms with E-state index in [4.69, 9.17) is 4.98 Å². The number of pyridine rings is 1. The van der Waals surface area contributed by atoms with Gasteiger partial charge in [0, 0.05) is 37.7 Å². The molecular weight excluding hydrogens is 276 g/mol. The summed E-state index contributed by atoms with van der Waals surface area (Å²) in [5.74, 6) is 1.05. The van der Waals surface area contributed by atoms with Crippen molar-refractivity contribution in [2.75, 3.05) is 11.9 Å². The lowest BCUT2D eigenvalue weighted by Crippen LogP contribution is -2.24. The number of aryl methyl sites for hydroxylation is 4. The molecule has 22 heavy (non-hydrogen) atoms. The highest BCUT2D eigenvalue weighted by molar-refractivity contribution is 5.46. The fraction of sp³-hybridized carbons (Fsp3) is 0.529. The Labute approximate surface area is 131 Å². The molecule has 0 aliphatic carbocycles. The van der Waals surface area contributed by atoms with Crippen LogP contribution >= 0.6 is 0 Å². The molecule has 0 fully saturated rings. The van der Waals surface area contributed by atoms with E-state index in [1.54, 1.807) is 9.13 Å². The van der Waals surface area contributed by atoms with Gasteiger partial charge in [0.15, 0.2) is 0 Å². The fourth-order valence-electron chi connectivity index (χ4n) is 2.97. The lowest BCUT2D eigenvalue weighted by molar-refractivity contribution is 0.578. The predicted molar refractivity (Wildman–Crippen MR) is 88.4 cm³/mol. The lowest BCUT2D eigenvalue weighted by Gasteiger charge is -2.17. The van der Waals surface area contributed by atoms with Gasteiger partial charge in [0.25, 0.3) is 0 Å². The first-order chi connectivity index (χ1) is 10.8. The Bertz CT molecular complexity index is 686. The Morgan fingerprint density at radius 3 is 2.86 bits per heavy atom. The number of nitrogens with zero attached hydrogens (tertiary/aromatic N) is 3. The summed E-state index contributed by atoms with van der Waals surface area (Å²) in [6.07, 6.45) is 8.90. The van der Waals surface area contributed by atoms with Crippen LogP contribution in [0.3, 0.4) is 0 Å². The zero-order chi connectivity index (χ0) is 15.4. The molecule has 0 spiro atoms. The summed E-state index contributed by atoms with van der Waals surface area (Å²) < 4.78 is 3.58. The zero-order valence-corrected chi connectivity index (χ0v) is 13.2. The summed E-state index contributed by atoms with van der Waals surface area (Å²) in [5, 5.41) is 3.37. The summed E-state index contributed by atoms with van der Waals surface area (Å²) in [6, 6.07) is 4.31. The zero-order valence-electron chi connectivity index (χ0n) is 13.2. The molecule has 0 unspecified atom stereocenters. The smallest absolute Gasteiger partial charge is 0.328 e. The molecule has 5 heteroatoms. The molecule has 1 aliphatic heterocycles. The molecule has 1 aliphatic rings. The van der Waals surface area contributed by atoms with Crippen LogP contribution in [0.2, 0.25) is 0 Å². The van der Waals surface area contributed by atoms with Gasteiger partial charge in [-0.05, 0) is 43.7 Å². The minimum absolute atomic E-state index is 0.0990. The maximum atomic E-state index is 12.1. The first-order valence-electron chi connectivity index (χ1n) is 8.26. The summed E-state index contributed by atoms with van der Waals surface area (Å²) in [7, 11) is 0. The Morgan fingerprint density at radius 1 is 1.23 bits per heavy atom. The SMILES string of the molecule is CCCn1ccn(CCCc2ccc3c(n2)NCCC3)c1=O. The van der Waals surface area contributed by atoms with Crippen LogP contribution in [0.5, 0.6) is 0 Å². The molecule has 1 N–H and O–H groups in total. The molecule has 0 bridgehead atoms. The molecule has 0 saturated heterocycles. The highest BCUT2D eigenvalue weighted by atomic mass is 16.1. The Morgan fingerprint density at radius 2 is 2.05 bits per heavy atom. The van der Waals surface area contributed by atoms with E-state index in [-0.39, 0.29) is 5.69 Å². The van der Waals surface area contributed by atoms with Crippen LogP contribution in [-0.2, 0) is 25.9 Å². The Balaban J connectivity index is 1.58. The summed E-state index contributed by atoms with van der Waals surface area (Å²) in [6.45, 7) is 4.65. The first-order valence-corrected chi connectivity index (χ1v) is 8.26. The number of hydrogen-bond donors (Lipinski definition) is 1. The van der Waals surface area contributed by atoms with Gasteiger partial charge in [0.2, 0.25) is 0 Å². The number of anilines is 1. The third-order valence-corrected chi connectivity index (χ3v) is 4.17. The minimum Gasteiger partial charge on any atom is -0.370 e. The molecule has 0 atom stereocenters. The Hall–Kier alpha value is -2.04. The van der Waals surface area contributed by atoms with Crippen molar-refractivity contribution in [1.29, 1.82) is 0 Å². The molecular formula is C17H24N4O. The van der Waals surface area contributed by atoms with Crippen LogP contribution in [0.25, 0.3) is 0 Å². The minimum atomic E-state index is 0.0990. The summed E-state index contributed by atoms with van der Waals surface area (Å²) >= 11 is 0. The molecule has 0 aromatic carbocycles. The van der Waals surface area contributed by atoms with Crippen LogP contribution in [-0.4, -0.2) is 20.7 Å². The maximum absolute atomic E-state index is 12.1. The molecule has 3 rings (SSSR count). The Kier molecular flexibility index (Phi) is 4.61. The van der Waals surface area contributed by atoms with Crippen molar-refractivity contribution >= 4 is 5.82 Å². The molecule has 0 amide bonds. The number of hydrogen-bond acceptors (Lipinski definition) is 3. The van der Waals surface area contributed by atoms with Gasteiger partial charge in [-0.25, -0.2) is 9.78 Å². The topological polar surface area (TPSA) is 51.9 Å². The van der Waals surface area contributed by atoms with E-state index < -0.39 is 0 Å². The van der Waals surface area contributed by atoms with Gasteiger partial charge >= 0.3 is 5.69 Å². The van der Waals surface area contributed by atoms with Gasteiger partial charge in [0.1, 0.15) is 5.82 Å². The number of imidazole rings is 1. The molecule has 0 saturated carbocycles. The van der Waals surface area contributed by atoms with Crippen molar-refractivity contribution in [3.8, 4) is 0 Å². The monoisotopic (exact) mass is 300 g/mol. The molecule has 0 radical (unpaired) electrons. The second-order valence-corrected chi connectivity index (χ2v) is 5.91. The second kappa shape index (κ2) is 6.81. The highest BCUT2D eigenvalue weighted by Gasteiger charge is 2.10. The van der Waals surface area contributed by atoms with Gasteiger partial charge in [-0.15, -0.1) is 0 Å². The number of aromatic nitrogens is 3. The second-order valence-electron chi connectivity index (χ2n) is 5.91. The van der Waals surface area contributed by atoms with Crippen molar-refractivity contribution in [2.45, 2.75) is 52.1 Å². The van der Waals surface area contributed by atoms with E-state index in [0.717, 1.165) is 56.8 Å². The predicted octanol–water partition coefficient (Wildman–Crippen LogP) is 2.45. The van der Waals surface area contributed by atoms with Crippen LogP contribution in [0.15, 0.2) is 29.3 Å².